The van der Waals surface area contributed by atoms with Crippen molar-refractivity contribution in [2.45, 2.75) is 18.9 Å². The minimum atomic E-state index is -0.595. The number of nitriles is 1. The summed E-state index contributed by atoms with van der Waals surface area (Å²) in [5, 5.41) is 8.75. The first kappa shape index (κ1) is 17.5. The van der Waals surface area contributed by atoms with Crippen molar-refractivity contribution in [3.63, 3.8) is 0 Å². The second-order valence-electron chi connectivity index (χ2n) is 5.79. The smallest absolute Gasteiger partial charge is 0.328 e. The fourth-order valence-corrected chi connectivity index (χ4v) is 2.82. The second kappa shape index (κ2) is 8.21. The van der Waals surface area contributed by atoms with Gasteiger partial charge in [-0.25, -0.2) is 4.79 Å². The van der Waals surface area contributed by atoms with Gasteiger partial charge >= 0.3 is 5.97 Å². The predicted octanol–water partition coefficient (Wildman–Crippen LogP) is 2.38. The number of furan rings is 1. The van der Waals surface area contributed by atoms with Gasteiger partial charge in [-0.1, -0.05) is 0 Å². The van der Waals surface area contributed by atoms with Crippen molar-refractivity contribution in [2.75, 3.05) is 19.8 Å². The maximum Gasteiger partial charge on any atom is 0.328 e. The summed E-state index contributed by atoms with van der Waals surface area (Å²) in [6.07, 6.45) is 2.74. The van der Waals surface area contributed by atoms with Crippen molar-refractivity contribution in [2.24, 2.45) is 0 Å². The van der Waals surface area contributed by atoms with Gasteiger partial charge in [0.2, 0.25) is 0 Å². The molecular formula is C19H18N2O5. The van der Waals surface area contributed by atoms with Crippen LogP contribution in [0.2, 0.25) is 0 Å². The number of nitrogens with zero attached hydrogens (tertiary/aromatic N) is 2. The van der Waals surface area contributed by atoms with Crippen molar-refractivity contribution in [3.05, 3.63) is 54.0 Å². The number of hydrogen-bond donors (Lipinski definition) is 0. The minimum Gasteiger partial charge on any atom is -0.490 e. The number of benzene rings is 1. The first-order chi connectivity index (χ1) is 12.7. The molecule has 1 atom stereocenters. The van der Waals surface area contributed by atoms with Crippen molar-refractivity contribution in [3.8, 4) is 11.8 Å². The molecule has 3 rings (SSSR count). The molecule has 7 nitrogen and oxygen atoms in total. The highest BCUT2D eigenvalue weighted by molar-refractivity contribution is 5.94. The molecule has 1 saturated heterocycles. The van der Waals surface area contributed by atoms with Crippen molar-refractivity contribution >= 4 is 11.9 Å². The van der Waals surface area contributed by atoms with Gasteiger partial charge in [0.25, 0.3) is 5.91 Å². The quantitative estimate of drug-likeness (QED) is 0.584. The number of hydrogen-bond acceptors (Lipinski definition) is 6. The highest BCUT2D eigenvalue weighted by Gasteiger charge is 2.36. The lowest BCUT2D eigenvalue weighted by Crippen LogP contribution is -2.41. The van der Waals surface area contributed by atoms with Crippen LogP contribution in [-0.4, -0.2) is 42.6 Å². The summed E-state index contributed by atoms with van der Waals surface area (Å²) < 4.78 is 15.8. The number of carbonyl (C=O) groups excluding carboxylic acids is 2. The molecule has 1 fully saturated rings. The second-order valence-corrected chi connectivity index (χ2v) is 5.79. The Labute approximate surface area is 150 Å². The molecule has 0 saturated carbocycles. The minimum absolute atomic E-state index is 0.0815. The van der Waals surface area contributed by atoms with Gasteiger partial charge in [-0.05, 0) is 49.2 Å². The summed E-state index contributed by atoms with van der Waals surface area (Å²) in [6.45, 7) is 0.773. The van der Waals surface area contributed by atoms with Gasteiger partial charge < -0.3 is 18.8 Å². The molecule has 0 N–H and O–H groups in total. The molecule has 0 spiro atoms. The predicted molar refractivity (Wildman–Crippen MR) is 90.4 cm³/mol. The van der Waals surface area contributed by atoms with E-state index in [0.29, 0.717) is 24.3 Å². The number of likely N-dealkylation sites (tertiary alicyclic amines) is 1. The van der Waals surface area contributed by atoms with Gasteiger partial charge in [-0.2, -0.15) is 5.26 Å². The maximum atomic E-state index is 12.4. The summed E-state index contributed by atoms with van der Waals surface area (Å²) >= 11 is 0. The Morgan fingerprint density at radius 3 is 2.73 bits per heavy atom. The topological polar surface area (TPSA) is 92.8 Å². The van der Waals surface area contributed by atoms with E-state index in [1.54, 1.807) is 36.4 Å². The molecular weight excluding hydrogens is 336 g/mol. The molecule has 134 valence electrons. The van der Waals surface area contributed by atoms with E-state index in [-0.39, 0.29) is 24.9 Å². The van der Waals surface area contributed by atoms with Crippen LogP contribution >= 0.6 is 0 Å². The average molecular weight is 354 g/mol. The van der Waals surface area contributed by atoms with Crippen LogP contribution in [0, 0.1) is 11.3 Å². The monoisotopic (exact) mass is 354 g/mol. The van der Waals surface area contributed by atoms with Crippen LogP contribution in [0.5, 0.6) is 5.75 Å². The van der Waals surface area contributed by atoms with Gasteiger partial charge in [0.1, 0.15) is 25.0 Å². The summed E-state index contributed by atoms with van der Waals surface area (Å²) in [4.78, 5) is 26.1. The summed E-state index contributed by atoms with van der Waals surface area (Å²) in [6, 6.07) is 11.3. The van der Waals surface area contributed by atoms with Gasteiger partial charge in [-0.3, -0.25) is 4.79 Å². The van der Waals surface area contributed by atoms with Gasteiger partial charge in [-0.15, -0.1) is 0 Å². The van der Waals surface area contributed by atoms with E-state index < -0.39 is 12.0 Å². The first-order valence-corrected chi connectivity index (χ1v) is 8.33. The zero-order valence-corrected chi connectivity index (χ0v) is 14.1. The zero-order valence-electron chi connectivity index (χ0n) is 14.1. The largest absolute Gasteiger partial charge is 0.490 e. The van der Waals surface area contributed by atoms with Crippen LogP contribution < -0.4 is 4.74 Å². The third-order valence-corrected chi connectivity index (χ3v) is 4.10. The third kappa shape index (κ3) is 4.03. The van der Waals surface area contributed by atoms with Crippen LogP contribution in [0.15, 0.2) is 47.1 Å². The van der Waals surface area contributed by atoms with Crippen LogP contribution in [-0.2, 0) is 9.53 Å². The molecule has 0 aliphatic carbocycles. The lowest BCUT2D eigenvalue weighted by molar-refractivity contribution is -0.148. The summed E-state index contributed by atoms with van der Waals surface area (Å²) in [7, 11) is 0. The molecule has 7 heteroatoms. The molecule has 0 radical (unpaired) electrons. The van der Waals surface area contributed by atoms with E-state index in [1.807, 2.05) is 6.07 Å². The molecule has 1 aromatic carbocycles. The van der Waals surface area contributed by atoms with Gasteiger partial charge in [0, 0.05) is 6.54 Å². The Balaban J connectivity index is 1.46. The van der Waals surface area contributed by atoms with Crippen LogP contribution in [0.1, 0.15) is 29.0 Å². The van der Waals surface area contributed by atoms with E-state index in [4.69, 9.17) is 19.2 Å². The lowest BCUT2D eigenvalue weighted by Gasteiger charge is -2.22. The molecule has 1 unspecified atom stereocenters. The molecule has 0 bridgehead atoms. The highest BCUT2D eigenvalue weighted by Crippen LogP contribution is 2.21. The number of esters is 1. The molecule has 1 aliphatic rings. The number of carbonyl (C=O) groups is 2. The van der Waals surface area contributed by atoms with E-state index in [0.717, 1.165) is 6.42 Å². The summed E-state index contributed by atoms with van der Waals surface area (Å²) in [5.41, 5.74) is 0.548. The van der Waals surface area contributed by atoms with Crippen molar-refractivity contribution in [1.82, 2.24) is 4.90 Å². The SMILES string of the molecule is N#Cc1ccc(OCCOC(=O)C2CCCN2C(=O)c2ccco2)cc1. The number of ether oxygens (including phenoxy) is 2. The van der Waals surface area contributed by atoms with E-state index >= 15 is 0 Å². The Bertz CT molecular complexity index is 792. The molecule has 26 heavy (non-hydrogen) atoms. The fraction of sp³-hybridized carbons (Fsp3) is 0.316. The van der Waals surface area contributed by atoms with Crippen molar-refractivity contribution < 1.29 is 23.5 Å². The fourth-order valence-electron chi connectivity index (χ4n) is 2.82. The Morgan fingerprint density at radius 2 is 2.04 bits per heavy atom. The van der Waals surface area contributed by atoms with Gasteiger partial charge in [0.05, 0.1) is 17.9 Å². The van der Waals surface area contributed by atoms with E-state index in [1.165, 1.54) is 11.2 Å². The highest BCUT2D eigenvalue weighted by atomic mass is 16.6. The van der Waals surface area contributed by atoms with E-state index in [9.17, 15) is 9.59 Å². The third-order valence-electron chi connectivity index (χ3n) is 4.10. The summed E-state index contributed by atoms with van der Waals surface area (Å²) in [5.74, 6) is 0.0681. The Hall–Kier alpha value is -3.27. The lowest BCUT2D eigenvalue weighted by atomic mass is 10.2. The van der Waals surface area contributed by atoms with Crippen molar-refractivity contribution in [1.29, 1.82) is 5.26 Å². The number of rotatable bonds is 6. The van der Waals surface area contributed by atoms with Crippen LogP contribution in [0.3, 0.4) is 0 Å². The molecule has 2 heterocycles. The average Bonchev–Trinajstić information content (AvgIpc) is 3.37. The molecule has 2 aromatic rings. The first-order valence-electron chi connectivity index (χ1n) is 8.33. The zero-order chi connectivity index (χ0) is 18.4. The van der Waals surface area contributed by atoms with Crippen LogP contribution in [0.25, 0.3) is 0 Å². The van der Waals surface area contributed by atoms with E-state index in [2.05, 4.69) is 0 Å². The normalized spacial score (nSPS) is 16.1. The number of amides is 1. The molecule has 1 aliphatic heterocycles. The molecule has 1 aromatic heterocycles. The Kier molecular flexibility index (Phi) is 5.54. The Morgan fingerprint density at radius 1 is 1.23 bits per heavy atom. The van der Waals surface area contributed by atoms with Gasteiger partial charge in [0.15, 0.2) is 5.76 Å². The standard InChI is InChI=1S/C19H18N2O5/c20-13-14-5-7-15(8-6-14)24-11-12-26-19(23)16-3-1-9-21(16)18(22)17-4-2-10-25-17/h2,4-8,10,16H,1,3,9,11-12H2. The maximum absolute atomic E-state index is 12.4. The van der Waals surface area contributed by atoms with Crippen LogP contribution in [0.4, 0.5) is 0 Å². The molecule has 1 amide bonds.